The van der Waals surface area contributed by atoms with Crippen LogP contribution in [0, 0.1) is 11.3 Å². The molecule has 0 N–H and O–H groups in total. The number of benzene rings is 2. The molecule has 0 spiro atoms. The van der Waals surface area contributed by atoms with Crippen molar-refractivity contribution in [1.82, 2.24) is 19.3 Å². The number of halogens is 3. The number of methoxy groups -OCH3 is 1. The van der Waals surface area contributed by atoms with Crippen molar-refractivity contribution in [2.24, 2.45) is 0 Å². The topological polar surface area (TPSA) is 149 Å². The van der Waals surface area contributed by atoms with Gasteiger partial charge in [-0.1, -0.05) is 18.2 Å². The lowest BCUT2D eigenvalue weighted by molar-refractivity contribution is -0.137. The van der Waals surface area contributed by atoms with E-state index in [1.807, 2.05) is 6.07 Å². The van der Waals surface area contributed by atoms with E-state index in [9.17, 15) is 36.4 Å². The van der Waals surface area contributed by atoms with E-state index in [1.165, 1.54) is 60.4 Å². The summed E-state index contributed by atoms with van der Waals surface area (Å²) in [6.45, 7) is 1.24. The second-order valence-corrected chi connectivity index (χ2v) is 11.9. The Balaban J connectivity index is 1.75. The van der Waals surface area contributed by atoms with Crippen LogP contribution in [0.5, 0.6) is 0 Å². The second kappa shape index (κ2) is 11.6. The van der Waals surface area contributed by atoms with Gasteiger partial charge in [0.25, 0.3) is 0 Å². The average Bonchev–Trinajstić information content (AvgIpc) is 3.31. The number of carbonyl (C=O) groups excluding carboxylic acids is 1. The van der Waals surface area contributed by atoms with E-state index in [2.05, 4.69) is 10.1 Å². The summed E-state index contributed by atoms with van der Waals surface area (Å²) in [4.78, 5) is 31.8. The third-order valence-electron chi connectivity index (χ3n) is 6.94. The highest BCUT2D eigenvalue weighted by molar-refractivity contribution is 7.90. The lowest BCUT2D eigenvalue weighted by Crippen LogP contribution is -2.37. The van der Waals surface area contributed by atoms with Gasteiger partial charge in [-0.05, 0) is 55.0 Å². The number of fused-ring (bicyclic) bond motifs is 1. The van der Waals surface area contributed by atoms with Crippen LogP contribution < -0.4 is 10.6 Å². The van der Waals surface area contributed by atoms with Crippen LogP contribution >= 0.6 is 0 Å². The fourth-order valence-corrected chi connectivity index (χ4v) is 5.33. The normalized spacial score (nSPS) is 15.0. The van der Waals surface area contributed by atoms with E-state index in [0.29, 0.717) is 11.1 Å². The fourth-order valence-electron chi connectivity index (χ4n) is 4.77. The number of hydrogen-bond donors (Lipinski definition) is 0. The number of allylic oxidation sites excluding steroid dienone is 2. The molecule has 1 atom stereocenters. The smallest absolute Gasteiger partial charge is 0.437 e. The van der Waals surface area contributed by atoms with Crippen molar-refractivity contribution in [1.29, 1.82) is 5.26 Å². The van der Waals surface area contributed by atoms with Gasteiger partial charge in [-0.25, -0.2) is 27.3 Å². The second-order valence-electron chi connectivity index (χ2n) is 9.89. The van der Waals surface area contributed by atoms with E-state index in [4.69, 9.17) is 9.47 Å². The summed E-state index contributed by atoms with van der Waals surface area (Å²) in [6.07, 6.45) is -3.69. The molecule has 45 heavy (non-hydrogen) atoms. The molecule has 3 heterocycles. The molecule has 0 fully saturated rings. The van der Waals surface area contributed by atoms with E-state index < -0.39 is 39.5 Å². The summed E-state index contributed by atoms with van der Waals surface area (Å²) in [5.74, 6) is -0.259. The number of anilines is 2. The monoisotopic (exact) mass is 640 g/mol. The highest BCUT2D eigenvalue weighted by Gasteiger charge is 2.40. The summed E-state index contributed by atoms with van der Waals surface area (Å²) in [7, 11) is -2.47. The average molecular weight is 641 g/mol. The Bertz CT molecular complexity index is 2030. The van der Waals surface area contributed by atoms with Crippen molar-refractivity contribution >= 4 is 27.6 Å². The zero-order chi connectivity index (χ0) is 32.7. The van der Waals surface area contributed by atoms with Crippen molar-refractivity contribution < 1.29 is 35.9 Å². The molecule has 12 nitrogen and oxygen atoms in total. The molecule has 4 aromatic rings. The number of pyridine rings is 1. The molecule has 2 aromatic carbocycles. The van der Waals surface area contributed by atoms with Crippen LogP contribution in [0.1, 0.15) is 35.3 Å². The molecular weight excluding hydrogens is 617 g/mol. The number of nitrogens with zero attached hydrogens (tertiary/aromatic N) is 6. The Kier molecular flexibility index (Phi) is 7.98. The first-order chi connectivity index (χ1) is 21.2. The molecule has 232 valence electrons. The molecule has 2 aromatic heterocycles. The van der Waals surface area contributed by atoms with Crippen molar-refractivity contribution in [2.75, 3.05) is 18.3 Å². The molecule has 0 radical (unpaired) electrons. The third-order valence-corrected chi connectivity index (χ3v) is 8.03. The number of nitriles is 1. The van der Waals surface area contributed by atoms with Gasteiger partial charge in [0.15, 0.2) is 15.6 Å². The van der Waals surface area contributed by atoms with Crippen LogP contribution in [0.2, 0.25) is 0 Å². The maximum Gasteiger partial charge on any atom is 0.513 e. The summed E-state index contributed by atoms with van der Waals surface area (Å²) in [5.41, 5.74) is -0.700. The van der Waals surface area contributed by atoms with Gasteiger partial charge in [0.1, 0.15) is 6.04 Å². The predicted octanol–water partition coefficient (Wildman–Crippen LogP) is 4.54. The number of rotatable bonds is 6. The van der Waals surface area contributed by atoms with Gasteiger partial charge < -0.3 is 9.47 Å². The quantitative estimate of drug-likeness (QED) is 0.275. The van der Waals surface area contributed by atoms with Crippen LogP contribution in [0.25, 0.3) is 0 Å². The van der Waals surface area contributed by atoms with Gasteiger partial charge in [-0.3, -0.25) is 9.88 Å². The lowest BCUT2D eigenvalue weighted by Gasteiger charge is -2.35. The third kappa shape index (κ3) is 6.02. The van der Waals surface area contributed by atoms with Crippen LogP contribution in [0.4, 0.5) is 29.6 Å². The lowest BCUT2D eigenvalue weighted by atomic mass is 10.00. The highest BCUT2D eigenvalue weighted by Crippen LogP contribution is 2.43. The van der Waals surface area contributed by atoms with Crippen LogP contribution in [-0.4, -0.2) is 47.3 Å². The van der Waals surface area contributed by atoms with Crippen molar-refractivity contribution in [3.8, 4) is 6.07 Å². The summed E-state index contributed by atoms with van der Waals surface area (Å²) in [6, 6.07) is 13.9. The molecule has 0 aliphatic carbocycles. The van der Waals surface area contributed by atoms with Gasteiger partial charge in [0, 0.05) is 18.1 Å². The Morgan fingerprint density at radius 3 is 2.40 bits per heavy atom. The minimum absolute atomic E-state index is 0.0382. The van der Waals surface area contributed by atoms with E-state index >= 15 is 0 Å². The van der Waals surface area contributed by atoms with Gasteiger partial charge in [-0.2, -0.15) is 18.4 Å². The molecule has 0 saturated heterocycles. The van der Waals surface area contributed by atoms with Crippen LogP contribution in [0.3, 0.4) is 0 Å². The Morgan fingerprint density at radius 2 is 1.82 bits per heavy atom. The number of hydrogen-bond acceptors (Lipinski definition) is 10. The number of ether oxygens (including phenoxy) is 2. The number of aromatic nitrogens is 4. The van der Waals surface area contributed by atoms with Gasteiger partial charge in [0.2, 0.25) is 5.95 Å². The molecule has 1 unspecified atom stereocenters. The van der Waals surface area contributed by atoms with Crippen molar-refractivity contribution in [3.05, 3.63) is 111 Å². The maximum absolute atomic E-state index is 14.0. The number of carbonyl (C=O) groups is 1. The molecular formula is C29H23F3N6O6S. The first-order valence-electron chi connectivity index (χ1n) is 13.0. The zero-order valence-electron chi connectivity index (χ0n) is 23.8. The maximum atomic E-state index is 14.0. The number of alkyl halides is 3. The molecule has 5 rings (SSSR count). The summed E-state index contributed by atoms with van der Waals surface area (Å²) < 4.78 is 77.3. The van der Waals surface area contributed by atoms with E-state index in [1.54, 1.807) is 0 Å². The SMILES string of the molecule is COC(=O)OC1=C(C)N(c2cccc(C(F)(F)F)c2)c2nn(Cc3ccc(S(C)(=O)=O)cn3)c(=O)n2C1c1ccc(C#N)cc1. The predicted molar refractivity (Wildman–Crippen MR) is 152 cm³/mol. The standard InChI is InChI=1S/C29H23F3N6O6S/c1-17-25(44-28(40)43-2)24(19-9-7-18(14-33)8-10-19)38-26(37(17)22-6-4-5-20(13-22)29(30,31)32)35-36(27(38)39)16-21-11-12-23(15-34-21)45(3,41)42/h4-13,15,24H,16H2,1-3H3. The van der Waals surface area contributed by atoms with Gasteiger partial charge in [0.05, 0.1) is 47.1 Å². The van der Waals surface area contributed by atoms with Crippen LogP contribution in [-0.2, 0) is 32.0 Å². The van der Waals surface area contributed by atoms with Crippen molar-refractivity contribution in [2.45, 2.75) is 30.6 Å². The largest absolute Gasteiger partial charge is 0.513 e. The summed E-state index contributed by atoms with van der Waals surface area (Å²) in [5, 5.41) is 13.7. The first kappa shape index (κ1) is 31.0. The minimum atomic E-state index is -4.69. The zero-order valence-corrected chi connectivity index (χ0v) is 24.6. The van der Waals surface area contributed by atoms with E-state index in [-0.39, 0.29) is 40.2 Å². The Hall–Kier alpha value is -5.43. The molecule has 1 aliphatic heterocycles. The molecule has 1 aliphatic rings. The van der Waals surface area contributed by atoms with Gasteiger partial charge in [-0.15, -0.1) is 5.10 Å². The first-order valence-corrected chi connectivity index (χ1v) is 14.9. The van der Waals surface area contributed by atoms with Gasteiger partial charge >= 0.3 is 18.0 Å². The Morgan fingerprint density at radius 1 is 1.11 bits per heavy atom. The molecule has 0 saturated carbocycles. The number of sulfone groups is 1. The Labute approximate surface area is 254 Å². The minimum Gasteiger partial charge on any atom is -0.437 e. The molecule has 0 amide bonds. The molecule has 16 heteroatoms. The van der Waals surface area contributed by atoms with Crippen molar-refractivity contribution in [3.63, 3.8) is 0 Å². The van der Waals surface area contributed by atoms with E-state index in [0.717, 1.165) is 40.9 Å². The summed E-state index contributed by atoms with van der Waals surface area (Å²) >= 11 is 0. The highest BCUT2D eigenvalue weighted by atomic mass is 32.2. The fraction of sp³-hybridized carbons (Fsp3) is 0.207. The molecule has 0 bridgehead atoms. The van der Waals surface area contributed by atoms with Crippen LogP contribution in [0.15, 0.2) is 88.0 Å².